The number of rotatable bonds is 9. The van der Waals surface area contributed by atoms with E-state index >= 15 is 0 Å². The molecule has 15 heteroatoms. The van der Waals surface area contributed by atoms with Crippen LogP contribution in [0.4, 0.5) is 0 Å². The maximum atomic E-state index is 12.8. The maximum Gasteiger partial charge on any atom is 0.330 e. The molecular weight excluding hydrogens is 528 g/mol. The fourth-order valence-corrected chi connectivity index (χ4v) is 5.97. The fraction of sp³-hybridized carbons (Fsp3) is 0.783. The average Bonchev–Trinajstić information content (AvgIpc) is 3.00. The van der Waals surface area contributed by atoms with Crippen molar-refractivity contribution in [2.75, 3.05) is 6.61 Å². The summed E-state index contributed by atoms with van der Waals surface area (Å²) in [5.74, 6) is -1.09. The molecule has 0 spiro atoms. The van der Waals surface area contributed by atoms with Crippen molar-refractivity contribution in [1.82, 2.24) is 9.55 Å². The average molecular weight is 571 g/mol. The van der Waals surface area contributed by atoms with Gasteiger partial charge in [0.2, 0.25) is 5.91 Å². The van der Waals surface area contributed by atoms with Crippen molar-refractivity contribution in [3.8, 4) is 0 Å². The normalized spacial score (nSPS) is 25.6. The molecule has 1 aromatic heterocycles. The van der Waals surface area contributed by atoms with Gasteiger partial charge in [0.05, 0.1) is 6.61 Å². The molecule has 0 aromatic carbocycles. The highest BCUT2D eigenvalue weighted by molar-refractivity contribution is 6.74. The topological polar surface area (TPSA) is 195 Å². The van der Waals surface area contributed by atoms with Crippen LogP contribution in [-0.2, 0) is 18.4 Å². The van der Waals surface area contributed by atoms with Gasteiger partial charge in [0.25, 0.3) is 5.56 Å². The van der Waals surface area contributed by atoms with E-state index in [4.69, 9.17) is 19.3 Å². The molecule has 1 fully saturated rings. The van der Waals surface area contributed by atoms with E-state index in [9.17, 15) is 25.0 Å². The van der Waals surface area contributed by atoms with Crippen LogP contribution < -0.4 is 17.0 Å². The molecule has 0 saturated carbocycles. The van der Waals surface area contributed by atoms with Gasteiger partial charge in [-0.2, -0.15) is 0 Å². The van der Waals surface area contributed by atoms with Crippen LogP contribution in [0.2, 0.25) is 36.3 Å². The Bertz CT molecular complexity index is 1190. The number of aliphatic hydroxyl groups is 1. The molecule has 5 atom stereocenters. The Hall–Kier alpha value is -2.27. The van der Waals surface area contributed by atoms with Crippen molar-refractivity contribution >= 4 is 22.5 Å². The molecule has 0 bridgehead atoms. The molecular formula is C23H42N6O7Si2. The zero-order valence-electron chi connectivity index (χ0n) is 23.9. The van der Waals surface area contributed by atoms with E-state index < -0.39 is 63.9 Å². The van der Waals surface area contributed by atoms with Gasteiger partial charge in [-0.3, -0.25) is 19.1 Å². The number of carbonyl (C=O) groups excluding carboxylic acids is 1. The first-order chi connectivity index (χ1) is 17.1. The standard InChI is InChI=1S/C23H42N6O7Si2/c1-21(2,3)37(7,8)34-13-14-23(33,16(18(24)31)27-28-25)17(36-38(9,10)22(4,5)6)19(35-14)29-12-11-15(30)26-20(29)32/h11-12,14,16-17,19,33H,13H2,1-10H3,(H2,24,31)(H,26,30,32)/t14-,16-,17+,19-,23-/m1/s1. The number of hydrogen-bond donors (Lipinski definition) is 3. The second-order valence-electron chi connectivity index (χ2n) is 12.8. The Morgan fingerprint density at radius 3 is 2.24 bits per heavy atom. The predicted molar refractivity (Wildman–Crippen MR) is 148 cm³/mol. The molecule has 1 amide bonds. The number of nitrogens with zero attached hydrogens (tertiary/aromatic N) is 4. The van der Waals surface area contributed by atoms with Crippen molar-refractivity contribution in [2.45, 2.75) is 108 Å². The third-order valence-corrected chi connectivity index (χ3v) is 17.1. The minimum atomic E-state index is -2.73. The molecule has 0 aliphatic carbocycles. The Labute approximate surface area is 224 Å². The van der Waals surface area contributed by atoms with Crippen molar-refractivity contribution in [3.05, 3.63) is 43.5 Å². The van der Waals surface area contributed by atoms with Gasteiger partial charge < -0.3 is 24.4 Å². The minimum absolute atomic E-state index is 0.191. The van der Waals surface area contributed by atoms with E-state index in [1.165, 1.54) is 6.20 Å². The number of aromatic amines is 1. The Balaban J connectivity index is 2.80. The molecule has 0 radical (unpaired) electrons. The highest BCUT2D eigenvalue weighted by atomic mass is 28.4. The monoisotopic (exact) mass is 570 g/mol. The summed E-state index contributed by atoms with van der Waals surface area (Å²) in [5, 5.41) is 15.3. The van der Waals surface area contributed by atoms with Gasteiger partial charge in [0.15, 0.2) is 22.9 Å². The number of aromatic nitrogens is 2. The molecule has 38 heavy (non-hydrogen) atoms. The fourth-order valence-electron chi connectivity index (χ4n) is 3.68. The number of carbonyl (C=O) groups is 1. The summed E-state index contributed by atoms with van der Waals surface area (Å²) in [6.07, 6.45) is -2.75. The first-order valence-electron chi connectivity index (χ1n) is 12.4. The summed E-state index contributed by atoms with van der Waals surface area (Å²) in [5.41, 5.74) is 11.2. The maximum absolute atomic E-state index is 12.8. The molecule has 2 rings (SSSR count). The van der Waals surface area contributed by atoms with Crippen LogP contribution in [0.25, 0.3) is 10.4 Å². The molecule has 1 aliphatic rings. The summed E-state index contributed by atoms with van der Waals surface area (Å²) in [4.78, 5) is 42.1. The first kappa shape index (κ1) is 31.9. The molecule has 1 saturated heterocycles. The number of ether oxygens (including phenoxy) is 1. The number of azide groups is 1. The van der Waals surface area contributed by atoms with Crippen LogP contribution in [-0.4, -0.2) is 67.7 Å². The number of nitrogens with two attached hydrogens (primary N) is 1. The third kappa shape index (κ3) is 6.14. The second kappa shape index (κ2) is 10.7. The lowest BCUT2D eigenvalue weighted by Crippen LogP contribution is -2.64. The van der Waals surface area contributed by atoms with Gasteiger partial charge in [-0.1, -0.05) is 46.7 Å². The van der Waals surface area contributed by atoms with E-state index in [-0.39, 0.29) is 16.7 Å². The Morgan fingerprint density at radius 1 is 1.24 bits per heavy atom. The van der Waals surface area contributed by atoms with E-state index in [2.05, 4.69) is 15.0 Å². The smallest absolute Gasteiger partial charge is 0.330 e. The largest absolute Gasteiger partial charge is 0.414 e. The molecule has 2 heterocycles. The van der Waals surface area contributed by atoms with Crippen molar-refractivity contribution < 1.29 is 23.5 Å². The molecule has 13 nitrogen and oxygen atoms in total. The van der Waals surface area contributed by atoms with Gasteiger partial charge in [0.1, 0.15) is 23.9 Å². The van der Waals surface area contributed by atoms with Crippen molar-refractivity contribution in [3.63, 3.8) is 0 Å². The number of hydrogen-bond acceptors (Lipinski definition) is 8. The minimum Gasteiger partial charge on any atom is -0.414 e. The van der Waals surface area contributed by atoms with Gasteiger partial charge in [-0.05, 0) is 41.8 Å². The lowest BCUT2D eigenvalue weighted by Gasteiger charge is -2.45. The summed E-state index contributed by atoms with van der Waals surface area (Å²) < 4.78 is 20.3. The molecule has 4 N–H and O–H groups in total. The van der Waals surface area contributed by atoms with E-state index in [0.717, 1.165) is 10.6 Å². The van der Waals surface area contributed by atoms with Gasteiger partial charge >= 0.3 is 5.69 Å². The Kier molecular flexibility index (Phi) is 9.01. The Morgan fingerprint density at radius 2 is 1.79 bits per heavy atom. The van der Waals surface area contributed by atoms with Gasteiger partial charge in [0, 0.05) is 17.2 Å². The lowest BCUT2D eigenvalue weighted by molar-refractivity contribution is -0.138. The highest BCUT2D eigenvalue weighted by Crippen LogP contribution is 2.47. The van der Waals surface area contributed by atoms with E-state index in [1.54, 1.807) is 0 Å². The summed E-state index contributed by atoms with van der Waals surface area (Å²) in [7, 11) is -5.12. The van der Waals surface area contributed by atoms with Crippen molar-refractivity contribution in [2.24, 2.45) is 10.8 Å². The second-order valence-corrected chi connectivity index (χ2v) is 22.4. The number of nitrogens with one attached hydrogen (secondary N) is 1. The van der Waals surface area contributed by atoms with Crippen LogP contribution in [0.1, 0.15) is 47.8 Å². The number of primary amides is 1. The molecule has 1 aliphatic heterocycles. The lowest BCUT2D eigenvalue weighted by atomic mass is 9.84. The highest BCUT2D eigenvalue weighted by Gasteiger charge is 2.64. The van der Waals surface area contributed by atoms with Crippen LogP contribution in [0.15, 0.2) is 27.0 Å². The van der Waals surface area contributed by atoms with Crippen LogP contribution in [0.5, 0.6) is 0 Å². The molecule has 214 valence electrons. The van der Waals surface area contributed by atoms with E-state index in [1.807, 2.05) is 67.7 Å². The van der Waals surface area contributed by atoms with Gasteiger partial charge in [-0.25, -0.2) is 4.79 Å². The predicted octanol–water partition coefficient (Wildman–Crippen LogP) is 2.74. The number of amides is 1. The quantitative estimate of drug-likeness (QED) is 0.176. The van der Waals surface area contributed by atoms with Crippen LogP contribution >= 0.6 is 0 Å². The van der Waals surface area contributed by atoms with E-state index in [0.29, 0.717) is 0 Å². The zero-order chi connectivity index (χ0) is 29.5. The summed E-state index contributed by atoms with van der Waals surface area (Å²) in [6.45, 7) is 19.7. The zero-order valence-corrected chi connectivity index (χ0v) is 25.9. The summed E-state index contributed by atoms with van der Waals surface area (Å²) in [6, 6.07) is -0.676. The first-order valence-corrected chi connectivity index (χ1v) is 18.3. The molecule has 0 unspecified atom stereocenters. The van der Waals surface area contributed by atoms with Crippen LogP contribution in [0.3, 0.4) is 0 Å². The SMILES string of the molecule is CC(C)(C)[Si](C)(C)OC[C@H]1O[C@@H](n2ccc(=O)[nH]c2=O)[C@H](O[Si](C)(C)C(C)(C)C)[C@]1(O)[C@H](N=[N+]=[N-])C(N)=O. The van der Waals surface area contributed by atoms with Gasteiger partial charge in [-0.15, -0.1) is 0 Å². The van der Waals surface area contributed by atoms with Crippen molar-refractivity contribution in [1.29, 1.82) is 0 Å². The molecule has 1 aromatic rings. The number of H-pyrrole nitrogens is 1. The summed E-state index contributed by atoms with van der Waals surface area (Å²) >= 11 is 0. The third-order valence-electron chi connectivity index (χ3n) is 8.16. The van der Waals surface area contributed by atoms with Crippen LogP contribution in [0, 0.1) is 0 Å².